The van der Waals surface area contributed by atoms with Crippen LogP contribution >= 0.6 is 0 Å². The molecule has 0 radical (unpaired) electrons. The Morgan fingerprint density at radius 3 is 3.00 bits per heavy atom. The summed E-state index contributed by atoms with van der Waals surface area (Å²) in [6.45, 7) is 2.42. The number of carbonyl (C=O) groups is 1. The van der Waals surface area contributed by atoms with Crippen LogP contribution in [0.3, 0.4) is 0 Å². The fourth-order valence-corrected chi connectivity index (χ4v) is 0.913. The van der Waals surface area contributed by atoms with Gasteiger partial charge in [-0.1, -0.05) is 0 Å². The van der Waals surface area contributed by atoms with E-state index in [1.807, 2.05) is 0 Å². The van der Waals surface area contributed by atoms with Crippen LogP contribution in [-0.2, 0) is 16.1 Å². The van der Waals surface area contributed by atoms with Crippen molar-refractivity contribution in [2.75, 3.05) is 12.3 Å². The van der Waals surface area contributed by atoms with Crippen LogP contribution in [0.2, 0.25) is 0 Å². The van der Waals surface area contributed by atoms with Gasteiger partial charge >= 0.3 is 5.97 Å². The van der Waals surface area contributed by atoms with Crippen molar-refractivity contribution in [1.29, 1.82) is 0 Å². The summed E-state index contributed by atoms with van der Waals surface area (Å²) < 4.78 is 6.44. The molecule has 4 heteroatoms. The molecule has 0 atom stereocenters. The lowest BCUT2D eigenvalue weighted by molar-refractivity contribution is -0.143. The van der Waals surface area contributed by atoms with Crippen molar-refractivity contribution >= 4 is 11.7 Å². The standard InChI is InChI=1S/C8H12N2O2/c1-2-12-8(11)6-10-4-3-7(9)5-10/h3-5H,2,6,9H2,1H3. The molecule has 0 aliphatic heterocycles. The lowest BCUT2D eigenvalue weighted by Crippen LogP contribution is -2.11. The fourth-order valence-electron chi connectivity index (χ4n) is 0.913. The molecule has 1 aromatic heterocycles. The molecule has 0 saturated heterocycles. The van der Waals surface area contributed by atoms with Gasteiger partial charge in [0, 0.05) is 18.1 Å². The van der Waals surface area contributed by atoms with Crippen molar-refractivity contribution in [3.63, 3.8) is 0 Å². The van der Waals surface area contributed by atoms with Crippen molar-refractivity contribution in [3.05, 3.63) is 18.5 Å². The first kappa shape index (κ1) is 8.64. The lowest BCUT2D eigenvalue weighted by atomic mass is 10.6. The van der Waals surface area contributed by atoms with E-state index in [4.69, 9.17) is 10.5 Å². The van der Waals surface area contributed by atoms with E-state index in [0.717, 1.165) is 0 Å². The van der Waals surface area contributed by atoms with Crippen molar-refractivity contribution in [1.82, 2.24) is 4.57 Å². The van der Waals surface area contributed by atoms with Gasteiger partial charge in [-0.05, 0) is 13.0 Å². The smallest absolute Gasteiger partial charge is 0.325 e. The van der Waals surface area contributed by atoms with Gasteiger partial charge in [0.25, 0.3) is 0 Å². The van der Waals surface area contributed by atoms with E-state index in [1.54, 1.807) is 30.0 Å². The molecule has 0 aliphatic rings. The topological polar surface area (TPSA) is 57.2 Å². The number of hydrogen-bond donors (Lipinski definition) is 1. The lowest BCUT2D eigenvalue weighted by Gasteiger charge is -2.01. The monoisotopic (exact) mass is 168 g/mol. The number of carbonyl (C=O) groups excluding carboxylic acids is 1. The van der Waals surface area contributed by atoms with Gasteiger partial charge in [-0.3, -0.25) is 4.79 Å². The Morgan fingerprint density at radius 1 is 1.75 bits per heavy atom. The number of nitrogens with two attached hydrogens (primary N) is 1. The molecule has 0 fully saturated rings. The van der Waals surface area contributed by atoms with E-state index < -0.39 is 0 Å². The number of aromatic nitrogens is 1. The first-order valence-corrected chi connectivity index (χ1v) is 3.79. The van der Waals surface area contributed by atoms with Gasteiger partial charge in [-0.2, -0.15) is 0 Å². The van der Waals surface area contributed by atoms with Gasteiger partial charge in [0.15, 0.2) is 0 Å². The Kier molecular flexibility index (Phi) is 2.74. The second kappa shape index (κ2) is 3.80. The van der Waals surface area contributed by atoms with Crippen LogP contribution in [0.1, 0.15) is 6.92 Å². The third-order valence-corrected chi connectivity index (χ3v) is 1.39. The molecule has 1 heterocycles. The summed E-state index contributed by atoms with van der Waals surface area (Å²) in [5.41, 5.74) is 6.11. The maximum atomic E-state index is 10.9. The Bertz CT molecular complexity index is 268. The van der Waals surface area contributed by atoms with Crippen LogP contribution < -0.4 is 5.73 Å². The highest BCUT2D eigenvalue weighted by Crippen LogP contribution is 2.01. The summed E-state index contributed by atoms with van der Waals surface area (Å²) in [5, 5.41) is 0. The molecule has 0 aromatic carbocycles. The van der Waals surface area contributed by atoms with Crippen molar-refractivity contribution in [2.24, 2.45) is 0 Å². The molecule has 0 bridgehead atoms. The maximum Gasteiger partial charge on any atom is 0.325 e. The van der Waals surface area contributed by atoms with Crippen LogP contribution in [0.4, 0.5) is 5.69 Å². The number of nitrogen functional groups attached to an aromatic ring is 1. The first-order valence-electron chi connectivity index (χ1n) is 3.79. The van der Waals surface area contributed by atoms with Gasteiger partial charge in [-0.15, -0.1) is 0 Å². The zero-order valence-corrected chi connectivity index (χ0v) is 6.99. The summed E-state index contributed by atoms with van der Waals surface area (Å²) >= 11 is 0. The summed E-state index contributed by atoms with van der Waals surface area (Å²) in [6, 6.07) is 1.74. The van der Waals surface area contributed by atoms with Crippen LogP contribution in [-0.4, -0.2) is 17.1 Å². The summed E-state index contributed by atoms with van der Waals surface area (Å²) in [7, 11) is 0. The maximum absolute atomic E-state index is 10.9. The average Bonchev–Trinajstić information content (AvgIpc) is 2.36. The highest BCUT2D eigenvalue weighted by Gasteiger charge is 2.01. The molecule has 0 aliphatic carbocycles. The van der Waals surface area contributed by atoms with E-state index in [0.29, 0.717) is 12.3 Å². The third kappa shape index (κ3) is 2.30. The Labute approximate surface area is 70.9 Å². The number of nitrogens with zero attached hydrogens (tertiary/aromatic N) is 1. The average molecular weight is 168 g/mol. The predicted octanol–water partition coefficient (Wildman–Crippen LogP) is 0.633. The van der Waals surface area contributed by atoms with E-state index in [2.05, 4.69) is 0 Å². The normalized spacial score (nSPS) is 9.75. The molecule has 0 spiro atoms. The van der Waals surface area contributed by atoms with Gasteiger partial charge in [0.2, 0.25) is 0 Å². The molecule has 1 aromatic rings. The summed E-state index contributed by atoms with van der Waals surface area (Å²) in [5.74, 6) is -0.242. The Hall–Kier alpha value is -1.45. The number of ether oxygens (including phenoxy) is 1. The van der Waals surface area contributed by atoms with Crippen LogP contribution in [0, 0.1) is 0 Å². The quantitative estimate of drug-likeness (QED) is 0.673. The van der Waals surface area contributed by atoms with Gasteiger partial charge in [0.05, 0.1) is 6.61 Å². The third-order valence-electron chi connectivity index (χ3n) is 1.39. The molecule has 66 valence electrons. The highest BCUT2D eigenvalue weighted by atomic mass is 16.5. The van der Waals surface area contributed by atoms with Gasteiger partial charge < -0.3 is 15.0 Å². The minimum Gasteiger partial charge on any atom is -0.465 e. The Morgan fingerprint density at radius 2 is 2.50 bits per heavy atom. The molecular formula is C8H12N2O2. The largest absolute Gasteiger partial charge is 0.465 e. The van der Waals surface area contributed by atoms with Gasteiger partial charge in [-0.25, -0.2) is 0 Å². The molecule has 0 unspecified atom stereocenters. The van der Waals surface area contributed by atoms with E-state index in [9.17, 15) is 4.79 Å². The molecule has 2 N–H and O–H groups in total. The van der Waals surface area contributed by atoms with Crippen LogP contribution in [0.15, 0.2) is 18.5 Å². The zero-order valence-electron chi connectivity index (χ0n) is 6.99. The van der Waals surface area contributed by atoms with Crippen LogP contribution in [0.5, 0.6) is 0 Å². The minimum absolute atomic E-state index is 0.227. The molecule has 1 rings (SSSR count). The number of anilines is 1. The molecule has 0 amide bonds. The van der Waals surface area contributed by atoms with Crippen molar-refractivity contribution in [3.8, 4) is 0 Å². The second-order valence-corrected chi connectivity index (χ2v) is 2.42. The molecular weight excluding hydrogens is 156 g/mol. The molecule has 12 heavy (non-hydrogen) atoms. The van der Waals surface area contributed by atoms with E-state index in [1.165, 1.54) is 0 Å². The molecule has 4 nitrogen and oxygen atoms in total. The summed E-state index contributed by atoms with van der Waals surface area (Å²) in [4.78, 5) is 10.9. The predicted molar refractivity (Wildman–Crippen MR) is 45.5 cm³/mol. The second-order valence-electron chi connectivity index (χ2n) is 2.42. The zero-order chi connectivity index (χ0) is 8.97. The number of rotatable bonds is 3. The SMILES string of the molecule is CCOC(=O)Cn1ccc(N)c1. The number of esters is 1. The number of hydrogen-bond acceptors (Lipinski definition) is 3. The van der Waals surface area contributed by atoms with Crippen molar-refractivity contribution < 1.29 is 9.53 Å². The molecule has 0 saturated carbocycles. The van der Waals surface area contributed by atoms with Gasteiger partial charge in [0.1, 0.15) is 6.54 Å². The Balaban J connectivity index is 2.46. The minimum atomic E-state index is -0.242. The van der Waals surface area contributed by atoms with E-state index in [-0.39, 0.29) is 12.5 Å². The van der Waals surface area contributed by atoms with Crippen molar-refractivity contribution in [2.45, 2.75) is 13.5 Å². The fraction of sp³-hybridized carbons (Fsp3) is 0.375. The first-order chi connectivity index (χ1) is 5.72. The summed E-state index contributed by atoms with van der Waals surface area (Å²) in [6.07, 6.45) is 3.43. The van der Waals surface area contributed by atoms with E-state index >= 15 is 0 Å². The highest BCUT2D eigenvalue weighted by molar-refractivity contribution is 5.69. The van der Waals surface area contributed by atoms with Crippen LogP contribution in [0.25, 0.3) is 0 Å².